The molecular weight excluding hydrogens is 411 g/mol. The highest BCUT2D eigenvalue weighted by molar-refractivity contribution is 7.73. The summed E-state index contributed by atoms with van der Waals surface area (Å²) in [6.45, 7) is 3.47. The molecule has 0 spiro atoms. The molecule has 7 nitrogen and oxygen atoms in total. The van der Waals surface area contributed by atoms with E-state index >= 15 is 0 Å². The van der Waals surface area contributed by atoms with Crippen LogP contribution in [0.4, 0.5) is 18.9 Å². The summed E-state index contributed by atoms with van der Waals surface area (Å²) >= 11 is 0. The number of nitrogens with zero attached hydrogens (tertiary/aromatic N) is 2. The summed E-state index contributed by atoms with van der Waals surface area (Å²) in [6.07, 6.45) is 0.0269. The number of piperazine rings is 1. The fourth-order valence-corrected chi connectivity index (χ4v) is 4.31. The lowest BCUT2D eigenvalue weighted by Crippen LogP contribution is -2.49. The Morgan fingerprint density at radius 3 is 2.38 bits per heavy atom. The van der Waals surface area contributed by atoms with Crippen LogP contribution in [-0.4, -0.2) is 63.2 Å². The van der Waals surface area contributed by atoms with E-state index in [2.05, 4.69) is 9.64 Å². The van der Waals surface area contributed by atoms with Crippen LogP contribution in [0.3, 0.4) is 0 Å². The molecule has 11 heteroatoms. The minimum absolute atomic E-state index is 0.0140. The van der Waals surface area contributed by atoms with Crippen molar-refractivity contribution < 1.29 is 31.1 Å². The molecule has 1 aromatic rings. The molecule has 162 valence electrons. The Balaban J connectivity index is 1.66. The maximum Gasteiger partial charge on any atom is 0.573 e. The highest BCUT2D eigenvalue weighted by Crippen LogP contribution is 2.32. The molecule has 1 heterocycles. The van der Waals surface area contributed by atoms with Gasteiger partial charge in [0.1, 0.15) is 0 Å². The van der Waals surface area contributed by atoms with Gasteiger partial charge in [-0.1, -0.05) is 12.8 Å². The third kappa shape index (κ3) is 6.23. The van der Waals surface area contributed by atoms with Gasteiger partial charge < -0.3 is 9.64 Å². The average molecular weight is 435 g/mol. The molecule has 0 atom stereocenters. The van der Waals surface area contributed by atoms with Crippen molar-refractivity contribution in [3.05, 3.63) is 23.8 Å². The van der Waals surface area contributed by atoms with Gasteiger partial charge in [0.25, 0.3) is 5.91 Å². The topological polar surface area (TPSA) is 78.9 Å². The Morgan fingerprint density at radius 2 is 1.79 bits per heavy atom. The number of alkyl halides is 3. The molecule has 1 saturated carbocycles. The fraction of sp³-hybridized carbons (Fsp3) is 0.611. The third-order valence-corrected chi connectivity index (χ3v) is 5.74. The third-order valence-electron chi connectivity index (χ3n) is 5.32. The Morgan fingerprint density at radius 1 is 1.14 bits per heavy atom. The number of benzene rings is 1. The van der Waals surface area contributed by atoms with E-state index in [0.29, 0.717) is 19.0 Å². The van der Waals surface area contributed by atoms with Gasteiger partial charge in [0, 0.05) is 38.3 Å². The Bertz CT molecular complexity index is 794. The van der Waals surface area contributed by atoms with Crippen LogP contribution in [0.25, 0.3) is 0 Å². The van der Waals surface area contributed by atoms with Crippen LogP contribution < -0.4 is 9.46 Å². The van der Waals surface area contributed by atoms with Gasteiger partial charge in [-0.2, -0.15) is 0 Å². The highest BCUT2D eigenvalue weighted by Gasteiger charge is 2.33. The van der Waals surface area contributed by atoms with Crippen LogP contribution in [0, 0.1) is 5.92 Å². The summed E-state index contributed by atoms with van der Waals surface area (Å²) in [6, 6.07) is 3.30. The summed E-state index contributed by atoms with van der Waals surface area (Å²) in [7, 11) is -3.18. The van der Waals surface area contributed by atoms with Gasteiger partial charge in [-0.05, 0) is 37.0 Å². The van der Waals surface area contributed by atoms with Crippen molar-refractivity contribution >= 4 is 22.5 Å². The van der Waals surface area contributed by atoms with E-state index in [4.69, 9.17) is 0 Å². The molecule has 29 heavy (non-hydrogen) atoms. The molecule has 1 amide bonds. The van der Waals surface area contributed by atoms with Gasteiger partial charge in [0.15, 0.2) is 5.75 Å². The molecule has 1 saturated heterocycles. The second-order valence-electron chi connectivity index (χ2n) is 7.37. The van der Waals surface area contributed by atoms with Crippen molar-refractivity contribution in [3.8, 4) is 5.75 Å². The second-order valence-corrected chi connectivity index (χ2v) is 8.11. The van der Waals surface area contributed by atoms with Gasteiger partial charge in [0.05, 0.1) is 5.69 Å². The number of anilines is 1. The van der Waals surface area contributed by atoms with E-state index in [0.717, 1.165) is 31.8 Å². The summed E-state index contributed by atoms with van der Waals surface area (Å²) in [5.41, 5.74) is -0.364. The van der Waals surface area contributed by atoms with Gasteiger partial charge in [0.2, 0.25) is 10.9 Å². The summed E-state index contributed by atoms with van der Waals surface area (Å²) < 4.78 is 65.4. The van der Waals surface area contributed by atoms with Crippen molar-refractivity contribution in [2.75, 3.05) is 37.4 Å². The molecule has 1 aliphatic heterocycles. The lowest BCUT2D eigenvalue weighted by Gasteiger charge is -2.36. The van der Waals surface area contributed by atoms with Crippen LogP contribution >= 0.6 is 0 Å². The quantitative estimate of drug-likeness (QED) is 0.672. The summed E-state index contributed by atoms with van der Waals surface area (Å²) in [5, 5.41) is 0. The van der Waals surface area contributed by atoms with E-state index in [9.17, 15) is 26.4 Å². The number of rotatable bonds is 6. The molecular formula is C18H24F3N3O4S. The molecule has 1 aromatic carbocycles. The monoisotopic (exact) mass is 435 g/mol. The normalized spacial score (nSPS) is 19.0. The molecule has 0 bridgehead atoms. The SMILES string of the molecule is O=C(c1ccc(N[SH](=O)=O)c(OC(F)(F)F)c1)N1CCN(CC2CCCC2)CC1. The molecule has 0 radical (unpaired) electrons. The fourth-order valence-electron chi connectivity index (χ4n) is 3.93. The minimum atomic E-state index is -5.02. The number of carbonyl (C=O) groups is 1. The summed E-state index contributed by atoms with van der Waals surface area (Å²) in [4.78, 5) is 16.7. The molecule has 0 unspecified atom stereocenters. The van der Waals surface area contributed by atoms with Crippen LogP contribution in [0.1, 0.15) is 36.0 Å². The number of nitrogens with one attached hydrogen (secondary N) is 1. The first-order valence-electron chi connectivity index (χ1n) is 9.54. The number of amides is 1. The number of thiol groups is 1. The lowest BCUT2D eigenvalue weighted by molar-refractivity contribution is -0.274. The van der Waals surface area contributed by atoms with Crippen molar-refractivity contribution in [1.29, 1.82) is 0 Å². The van der Waals surface area contributed by atoms with Crippen molar-refractivity contribution in [2.24, 2.45) is 5.92 Å². The zero-order valence-corrected chi connectivity index (χ0v) is 16.7. The maximum absolute atomic E-state index is 12.7. The predicted octanol–water partition coefficient (Wildman–Crippen LogP) is 2.47. The number of carbonyl (C=O) groups excluding carboxylic acids is 1. The second kappa shape index (κ2) is 9.21. The molecule has 1 N–H and O–H groups in total. The molecule has 2 aliphatic rings. The highest BCUT2D eigenvalue weighted by atomic mass is 32.2. The zero-order valence-electron chi connectivity index (χ0n) is 15.8. The predicted molar refractivity (Wildman–Crippen MR) is 101 cm³/mol. The largest absolute Gasteiger partial charge is 0.573 e. The van der Waals surface area contributed by atoms with Gasteiger partial charge >= 0.3 is 6.36 Å². The maximum atomic E-state index is 12.7. The van der Waals surface area contributed by atoms with Crippen LogP contribution in [-0.2, 0) is 10.9 Å². The van der Waals surface area contributed by atoms with Crippen molar-refractivity contribution in [2.45, 2.75) is 32.0 Å². The molecule has 2 fully saturated rings. The number of halogens is 3. The summed E-state index contributed by atoms with van der Waals surface area (Å²) in [5.74, 6) is -0.454. The van der Waals surface area contributed by atoms with Gasteiger partial charge in [-0.15, -0.1) is 13.2 Å². The number of hydrogen-bond acceptors (Lipinski definition) is 5. The van der Waals surface area contributed by atoms with E-state index in [1.807, 2.05) is 4.72 Å². The van der Waals surface area contributed by atoms with Crippen molar-refractivity contribution in [1.82, 2.24) is 9.80 Å². The zero-order chi connectivity index (χ0) is 21.0. The Labute approximate surface area is 168 Å². The molecule has 3 rings (SSSR count). The molecule has 0 aromatic heterocycles. The van der Waals surface area contributed by atoms with E-state index in [1.54, 1.807) is 4.90 Å². The van der Waals surface area contributed by atoms with Gasteiger partial charge in [-0.25, -0.2) is 8.42 Å². The standard InChI is InChI=1S/C18H24F3N3O4S/c19-18(20,21)28-16-11-14(5-6-15(16)22-29(26)27)17(25)24-9-7-23(8-10-24)12-13-3-1-2-4-13/h5-6,11,13,29H,1-4,7-10,12H2,(H,22,26,27). The van der Waals surface area contributed by atoms with E-state index in [1.165, 1.54) is 31.7 Å². The first-order chi connectivity index (χ1) is 13.7. The van der Waals surface area contributed by atoms with Crippen LogP contribution in [0.5, 0.6) is 5.75 Å². The van der Waals surface area contributed by atoms with Crippen LogP contribution in [0.2, 0.25) is 0 Å². The van der Waals surface area contributed by atoms with E-state index < -0.39 is 28.9 Å². The first-order valence-corrected chi connectivity index (χ1v) is 10.7. The lowest BCUT2D eigenvalue weighted by atomic mass is 10.1. The van der Waals surface area contributed by atoms with Crippen molar-refractivity contribution in [3.63, 3.8) is 0 Å². The Hall–Kier alpha value is -2.01. The van der Waals surface area contributed by atoms with Gasteiger partial charge in [-0.3, -0.25) is 14.4 Å². The average Bonchev–Trinajstić information content (AvgIpc) is 3.15. The van der Waals surface area contributed by atoms with Crippen LogP contribution in [0.15, 0.2) is 18.2 Å². The smallest absolute Gasteiger partial charge is 0.404 e. The van der Waals surface area contributed by atoms with E-state index in [-0.39, 0.29) is 11.3 Å². The number of hydrogen-bond donors (Lipinski definition) is 2. The molecule has 1 aliphatic carbocycles. The minimum Gasteiger partial charge on any atom is -0.404 e. The number of ether oxygens (including phenoxy) is 1. The Kier molecular flexibility index (Phi) is 6.89. The first kappa shape index (κ1) is 21.7.